The predicted octanol–water partition coefficient (Wildman–Crippen LogP) is 3.82. The van der Waals surface area contributed by atoms with Crippen LogP contribution in [0.2, 0.25) is 0 Å². The number of H-pyrrole nitrogens is 2. The summed E-state index contributed by atoms with van der Waals surface area (Å²) < 4.78 is 5.84. The molecule has 5 rings (SSSR count). The molecular weight excluding hydrogens is 380 g/mol. The van der Waals surface area contributed by atoms with Crippen LogP contribution in [0.1, 0.15) is 42.7 Å². The first-order valence-electron chi connectivity index (χ1n) is 9.72. The first-order chi connectivity index (χ1) is 14.6. The molecule has 0 spiro atoms. The second-order valence-corrected chi connectivity index (χ2v) is 7.54. The maximum absolute atomic E-state index is 5.84. The van der Waals surface area contributed by atoms with Crippen LogP contribution < -0.4 is 0 Å². The molecular formula is C21H20N8O. The highest BCUT2D eigenvalue weighted by atomic mass is 16.4. The summed E-state index contributed by atoms with van der Waals surface area (Å²) in [6.07, 6.45) is 2.20. The summed E-state index contributed by atoms with van der Waals surface area (Å²) in [7, 11) is 0. The Morgan fingerprint density at radius 1 is 1.03 bits per heavy atom. The van der Waals surface area contributed by atoms with Crippen LogP contribution in [-0.4, -0.2) is 40.8 Å². The maximum Gasteiger partial charge on any atom is 0.247 e. The van der Waals surface area contributed by atoms with Crippen molar-refractivity contribution in [3.63, 3.8) is 0 Å². The van der Waals surface area contributed by atoms with Crippen molar-refractivity contribution in [2.75, 3.05) is 0 Å². The normalized spacial score (nSPS) is 11.6. The summed E-state index contributed by atoms with van der Waals surface area (Å²) in [5.41, 5.74) is 6.43. The van der Waals surface area contributed by atoms with Crippen LogP contribution in [0, 0.1) is 6.92 Å². The molecule has 9 heteroatoms. The second-order valence-electron chi connectivity index (χ2n) is 7.54. The van der Waals surface area contributed by atoms with E-state index in [4.69, 9.17) is 4.42 Å². The molecule has 0 aliphatic heterocycles. The molecule has 9 nitrogen and oxygen atoms in total. The summed E-state index contributed by atoms with van der Waals surface area (Å²) in [6, 6.07) is 10.3. The molecule has 0 aliphatic carbocycles. The zero-order valence-electron chi connectivity index (χ0n) is 16.8. The summed E-state index contributed by atoms with van der Waals surface area (Å²) in [4.78, 5) is 7.90. The minimum Gasteiger partial charge on any atom is -0.420 e. The van der Waals surface area contributed by atoms with Gasteiger partial charge in [0.25, 0.3) is 0 Å². The molecule has 0 aliphatic rings. The number of aryl methyl sites for hydroxylation is 1. The predicted molar refractivity (Wildman–Crippen MR) is 111 cm³/mol. The molecule has 0 atom stereocenters. The molecule has 4 heterocycles. The van der Waals surface area contributed by atoms with E-state index in [9.17, 15) is 0 Å². The minimum atomic E-state index is 0.328. The fourth-order valence-corrected chi connectivity index (χ4v) is 3.71. The van der Waals surface area contributed by atoms with Crippen LogP contribution in [0.25, 0.3) is 33.6 Å². The molecule has 2 N–H and O–H groups in total. The Bertz CT molecular complexity index is 1320. The third kappa shape index (κ3) is 3.24. The van der Waals surface area contributed by atoms with E-state index in [1.165, 1.54) is 5.56 Å². The largest absolute Gasteiger partial charge is 0.420 e. The second kappa shape index (κ2) is 7.18. The van der Waals surface area contributed by atoms with Crippen LogP contribution in [-0.2, 0) is 6.42 Å². The van der Waals surface area contributed by atoms with Crippen LogP contribution >= 0.6 is 0 Å². The van der Waals surface area contributed by atoms with E-state index in [0.29, 0.717) is 29.9 Å². The van der Waals surface area contributed by atoms with Crippen molar-refractivity contribution in [2.45, 2.75) is 33.1 Å². The fourth-order valence-electron chi connectivity index (χ4n) is 3.71. The molecule has 0 fully saturated rings. The van der Waals surface area contributed by atoms with E-state index in [-0.39, 0.29) is 0 Å². The molecule has 0 amide bonds. The number of rotatable bonds is 5. The quantitative estimate of drug-likeness (QED) is 0.460. The van der Waals surface area contributed by atoms with E-state index in [1.54, 1.807) is 0 Å². The van der Waals surface area contributed by atoms with Crippen molar-refractivity contribution in [3.8, 4) is 22.7 Å². The lowest BCUT2D eigenvalue weighted by Crippen LogP contribution is -1.91. The maximum atomic E-state index is 5.84. The van der Waals surface area contributed by atoms with Gasteiger partial charge < -0.3 is 9.40 Å². The molecule has 0 radical (unpaired) electrons. The third-order valence-electron chi connectivity index (χ3n) is 5.02. The Morgan fingerprint density at radius 2 is 1.93 bits per heavy atom. The number of nitrogens with zero attached hydrogens (tertiary/aromatic N) is 6. The van der Waals surface area contributed by atoms with Crippen molar-refractivity contribution in [3.05, 3.63) is 59.5 Å². The molecule has 150 valence electrons. The smallest absolute Gasteiger partial charge is 0.247 e. The minimum absolute atomic E-state index is 0.328. The zero-order chi connectivity index (χ0) is 20.7. The van der Waals surface area contributed by atoms with Gasteiger partial charge in [-0.1, -0.05) is 13.8 Å². The average Bonchev–Trinajstić information content (AvgIpc) is 3.47. The number of benzene rings is 1. The lowest BCUT2D eigenvalue weighted by Gasteiger charge is -2.09. The van der Waals surface area contributed by atoms with Crippen molar-refractivity contribution < 1.29 is 4.42 Å². The van der Waals surface area contributed by atoms with Gasteiger partial charge in [-0.25, -0.2) is 5.10 Å². The Kier molecular flexibility index (Phi) is 4.35. The Morgan fingerprint density at radius 3 is 2.70 bits per heavy atom. The van der Waals surface area contributed by atoms with Gasteiger partial charge in [0.1, 0.15) is 0 Å². The van der Waals surface area contributed by atoms with Gasteiger partial charge in [0.05, 0.1) is 12.1 Å². The van der Waals surface area contributed by atoms with E-state index in [0.717, 1.165) is 33.4 Å². The highest BCUT2D eigenvalue weighted by Gasteiger charge is 2.18. The van der Waals surface area contributed by atoms with Gasteiger partial charge >= 0.3 is 0 Å². The molecule has 30 heavy (non-hydrogen) atoms. The van der Waals surface area contributed by atoms with E-state index >= 15 is 0 Å². The lowest BCUT2D eigenvalue weighted by molar-refractivity contribution is 0.514. The van der Waals surface area contributed by atoms with Crippen LogP contribution in [0.3, 0.4) is 0 Å². The van der Waals surface area contributed by atoms with E-state index in [2.05, 4.69) is 72.8 Å². The number of hydrogen-bond acceptors (Lipinski definition) is 7. The topological polar surface area (TPSA) is 122 Å². The van der Waals surface area contributed by atoms with Gasteiger partial charge in [-0.15, -0.1) is 15.3 Å². The summed E-state index contributed by atoms with van der Waals surface area (Å²) >= 11 is 0. The monoisotopic (exact) mass is 400 g/mol. The molecule has 0 saturated carbocycles. The van der Waals surface area contributed by atoms with Crippen molar-refractivity contribution >= 4 is 10.9 Å². The number of nitrogens with one attached hydrogen (secondary N) is 2. The number of hydrogen-bond donors (Lipinski definition) is 2. The summed E-state index contributed by atoms with van der Waals surface area (Å²) in [6.45, 7) is 6.40. The van der Waals surface area contributed by atoms with Crippen LogP contribution in [0.15, 0.2) is 40.9 Å². The third-order valence-corrected chi connectivity index (χ3v) is 5.02. The molecule has 1 aromatic carbocycles. The lowest BCUT2D eigenvalue weighted by atomic mass is 9.95. The van der Waals surface area contributed by atoms with Crippen molar-refractivity contribution in [1.29, 1.82) is 0 Å². The number of aromatic nitrogens is 8. The van der Waals surface area contributed by atoms with Gasteiger partial charge in [-0.2, -0.15) is 0 Å². The van der Waals surface area contributed by atoms with Crippen molar-refractivity contribution in [1.82, 2.24) is 40.8 Å². The van der Waals surface area contributed by atoms with E-state index in [1.807, 2.05) is 25.3 Å². The van der Waals surface area contributed by atoms with Crippen molar-refractivity contribution in [2.24, 2.45) is 0 Å². The standard InChI is InChI=1S/C21H20N8O/c1-11(2)19-15-9-14(21-27-26-18(30-21)10-17-24-28-29-25-17)4-5-16(15)23-20(19)13-6-7-22-12(3)8-13/h4-9,11,23H,10H2,1-3H3,(H,24,25,28,29). The van der Waals surface area contributed by atoms with Gasteiger partial charge in [0.2, 0.25) is 11.8 Å². The Balaban J connectivity index is 1.57. The highest BCUT2D eigenvalue weighted by Crippen LogP contribution is 2.37. The van der Waals surface area contributed by atoms with Crippen LogP contribution in [0.4, 0.5) is 0 Å². The summed E-state index contributed by atoms with van der Waals surface area (Å²) in [5.74, 6) is 1.83. The van der Waals surface area contributed by atoms with E-state index < -0.39 is 0 Å². The molecule has 5 aromatic rings. The molecule has 0 bridgehead atoms. The van der Waals surface area contributed by atoms with Gasteiger partial charge in [0, 0.05) is 33.9 Å². The average molecular weight is 400 g/mol. The number of aromatic amines is 2. The van der Waals surface area contributed by atoms with Gasteiger partial charge in [-0.05, 0) is 59.2 Å². The van der Waals surface area contributed by atoms with Gasteiger partial charge in [0.15, 0.2) is 5.82 Å². The number of fused-ring (bicyclic) bond motifs is 1. The first kappa shape index (κ1) is 18.2. The molecule has 0 saturated heterocycles. The highest BCUT2D eigenvalue weighted by molar-refractivity contribution is 5.93. The summed E-state index contributed by atoms with van der Waals surface area (Å²) in [5, 5.41) is 23.1. The van der Waals surface area contributed by atoms with Gasteiger partial charge in [-0.3, -0.25) is 4.98 Å². The Hall–Kier alpha value is -3.88. The van der Waals surface area contributed by atoms with Crippen LogP contribution in [0.5, 0.6) is 0 Å². The Labute approximate surface area is 172 Å². The number of pyridine rings is 1. The SMILES string of the molecule is Cc1cc(-c2[nH]c3ccc(-c4nnc(Cc5nnn[nH]5)o4)cc3c2C(C)C)ccn1. The fraction of sp³-hybridized carbons (Fsp3) is 0.238. The molecule has 0 unspecified atom stereocenters. The first-order valence-corrected chi connectivity index (χ1v) is 9.72. The molecule has 4 aromatic heterocycles. The number of tetrazole rings is 1. The zero-order valence-corrected chi connectivity index (χ0v) is 16.8.